The molecule has 2 rings (SSSR count). The van der Waals surface area contributed by atoms with Crippen molar-refractivity contribution in [2.24, 2.45) is 11.1 Å². The topological polar surface area (TPSA) is 60.0 Å². The second kappa shape index (κ2) is 5.00. The lowest BCUT2D eigenvalue weighted by Gasteiger charge is -2.34. The molecule has 0 saturated carbocycles. The van der Waals surface area contributed by atoms with Crippen molar-refractivity contribution in [2.45, 2.75) is 59.2 Å². The van der Waals surface area contributed by atoms with Crippen LogP contribution in [-0.2, 0) is 17.8 Å². The van der Waals surface area contributed by atoms with Gasteiger partial charge in [-0.3, -0.25) is 4.79 Å². The van der Waals surface area contributed by atoms with E-state index in [1.165, 1.54) is 11.3 Å². The first-order valence-electron chi connectivity index (χ1n) is 7.01. The molecule has 0 aromatic carbocycles. The highest BCUT2D eigenvalue weighted by Crippen LogP contribution is 2.39. The molecule has 0 bridgehead atoms. The Balaban J connectivity index is 2.19. The molecule has 19 heavy (non-hydrogen) atoms. The van der Waals surface area contributed by atoms with E-state index >= 15 is 0 Å². The summed E-state index contributed by atoms with van der Waals surface area (Å²) in [6.45, 7) is 8.81. The zero-order chi connectivity index (χ0) is 14.2. The SMILES string of the molecule is CC(C)NC(=O)Cn1ccc2c1CC(C)(C)CC2N. The highest BCUT2D eigenvalue weighted by atomic mass is 16.2. The van der Waals surface area contributed by atoms with Crippen LogP contribution >= 0.6 is 0 Å². The van der Waals surface area contributed by atoms with Gasteiger partial charge in [-0.05, 0) is 43.7 Å². The zero-order valence-electron chi connectivity index (χ0n) is 12.4. The fourth-order valence-electron chi connectivity index (χ4n) is 2.96. The maximum atomic E-state index is 11.9. The average Bonchev–Trinajstić information content (AvgIpc) is 2.58. The molecule has 0 fully saturated rings. The predicted molar refractivity (Wildman–Crippen MR) is 76.7 cm³/mol. The Bertz CT molecular complexity index is 474. The van der Waals surface area contributed by atoms with Gasteiger partial charge in [0.1, 0.15) is 6.54 Å². The first kappa shape index (κ1) is 14.1. The summed E-state index contributed by atoms with van der Waals surface area (Å²) in [5, 5.41) is 2.93. The van der Waals surface area contributed by atoms with Crippen molar-refractivity contribution in [3.05, 3.63) is 23.5 Å². The Morgan fingerprint density at radius 2 is 2.26 bits per heavy atom. The van der Waals surface area contributed by atoms with Crippen molar-refractivity contribution in [1.29, 1.82) is 0 Å². The second-order valence-corrected chi connectivity index (χ2v) is 6.72. The number of rotatable bonds is 3. The number of aromatic nitrogens is 1. The van der Waals surface area contributed by atoms with Crippen molar-refractivity contribution in [1.82, 2.24) is 9.88 Å². The van der Waals surface area contributed by atoms with E-state index < -0.39 is 0 Å². The molecule has 106 valence electrons. The fourth-order valence-corrected chi connectivity index (χ4v) is 2.96. The Labute approximate surface area is 115 Å². The van der Waals surface area contributed by atoms with E-state index in [0.29, 0.717) is 6.54 Å². The number of hydrogen-bond donors (Lipinski definition) is 2. The molecule has 0 saturated heterocycles. The van der Waals surface area contributed by atoms with Crippen LogP contribution in [0.3, 0.4) is 0 Å². The van der Waals surface area contributed by atoms with E-state index in [-0.39, 0.29) is 23.4 Å². The summed E-state index contributed by atoms with van der Waals surface area (Å²) in [4.78, 5) is 11.9. The normalized spacial score (nSPS) is 21.3. The first-order valence-corrected chi connectivity index (χ1v) is 7.01. The summed E-state index contributed by atoms with van der Waals surface area (Å²) in [6, 6.07) is 2.34. The lowest BCUT2D eigenvalue weighted by atomic mass is 9.74. The molecule has 1 aromatic heterocycles. The van der Waals surface area contributed by atoms with Crippen LogP contribution in [0.2, 0.25) is 0 Å². The first-order chi connectivity index (χ1) is 8.78. The van der Waals surface area contributed by atoms with Gasteiger partial charge in [0.2, 0.25) is 5.91 Å². The Morgan fingerprint density at radius 3 is 2.89 bits per heavy atom. The largest absolute Gasteiger partial charge is 0.352 e. The molecule has 1 unspecified atom stereocenters. The number of nitrogens with two attached hydrogens (primary N) is 1. The quantitative estimate of drug-likeness (QED) is 0.876. The third-order valence-electron chi connectivity index (χ3n) is 3.70. The molecule has 0 radical (unpaired) electrons. The molecular formula is C15H25N3O. The van der Waals surface area contributed by atoms with Crippen LogP contribution in [0.4, 0.5) is 0 Å². The van der Waals surface area contributed by atoms with Gasteiger partial charge in [0.15, 0.2) is 0 Å². The summed E-state index contributed by atoms with van der Waals surface area (Å²) in [5.74, 6) is 0.0605. The van der Waals surface area contributed by atoms with E-state index in [2.05, 4.69) is 25.2 Å². The van der Waals surface area contributed by atoms with Crippen molar-refractivity contribution < 1.29 is 4.79 Å². The number of carbonyl (C=O) groups is 1. The molecule has 3 N–H and O–H groups in total. The smallest absolute Gasteiger partial charge is 0.240 e. The average molecular weight is 263 g/mol. The van der Waals surface area contributed by atoms with Gasteiger partial charge in [-0.25, -0.2) is 0 Å². The van der Waals surface area contributed by atoms with E-state index in [1.54, 1.807) is 0 Å². The van der Waals surface area contributed by atoms with E-state index in [0.717, 1.165) is 12.8 Å². The van der Waals surface area contributed by atoms with Gasteiger partial charge >= 0.3 is 0 Å². The number of carbonyl (C=O) groups excluding carboxylic acids is 1. The van der Waals surface area contributed by atoms with Crippen LogP contribution in [0.25, 0.3) is 0 Å². The maximum absolute atomic E-state index is 11.9. The van der Waals surface area contributed by atoms with Gasteiger partial charge in [0.05, 0.1) is 0 Å². The molecule has 1 atom stereocenters. The third-order valence-corrected chi connectivity index (χ3v) is 3.70. The fraction of sp³-hybridized carbons (Fsp3) is 0.667. The van der Waals surface area contributed by atoms with Crippen molar-refractivity contribution in [3.63, 3.8) is 0 Å². The summed E-state index contributed by atoms with van der Waals surface area (Å²) in [7, 11) is 0. The lowest BCUT2D eigenvalue weighted by molar-refractivity contribution is -0.122. The number of nitrogens with zero attached hydrogens (tertiary/aromatic N) is 1. The molecule has 0 aliphatic heterocycles. The van der Waals surface area contributed by atoms with Crippen molar-refractivity contribution in [2.75, 3.05) is 0 Å². The highest BCUT2D eigenvalue weighted by molar-refractivity contribution is 5.76. The van der Waals surface area contributed by atoms with E-state index in [9.17, 15) is 4.79 Å². The van der Waals surface area contributed by atoms with Crippen molar-refractivity contribution in [3.8, 4) is 0 Å². The molecule has 1 aliphatic carbocycles. The van der Waals surface area contributed by atoms with Gasteiger partial charge in [-0.15, -0.1) is 0 Å². The minimum atomic E-state index is 0.0605. The number of amides is 1. The van der Waals surface area contributed by atoms with E-state index in [1.807, 2.05) is 24.6 Å². The van der Waals surface area contributed by atoms with Gasteiger partial charge in [-0.2, -0.15) is 0 Å². The molecule has 4 heteroatoms. The number of fused-ring (bicyclic) bond motifs is 1. The molecule has 0 spiro atoms. The van der Waals surface area contributed by atoms with Gasteiger partial charge in [0, 0.05) is 24.0 Å². The minimum Gasteiger partial charge on any atom is -0.352 e. The Morgan fingerprint density at radius 1 is 1.58 bits per heavy atom. The molecular weight excluding hydrogens is 238 g/mol. The maximum Gasteiger partial charge on any atom is 0.240 e. The summed E-state index contributed by atoms with van der Waals surface area (Å²) < 4.78 is 2.05. The van der Waals surface area contributed by atoms with Crippen LogP contribution in [0.5, 0.6) is 0 Å². The molecule has 1 heterocycles. The Kier molecular flexibility index (Phi) is 3.72. The Hall–Kier alpha value is -1.29. The summed E-state index contributed by atoms with van der Waals surface area (Å²) >= 11 is 0. The van der Waals surface area contributed by atoms with Gasteiger partial charge < -0.3 is 15.6 Å². The monoisotopic (exact) mass is 263 g/mol. The molecule has 1 amide bonds. The van der Waals surface area contributed by atoms with Crippen LogP contribution in [-0.4, -0.2) is 16.5 Å². The van der Waals surface area contributed by atoms with Crippen LogP contribution in [0.1, 0.15) is 51.4 Å². The van der Waals surface area contributed by atoms with Crippen LogP contribution in [0, 0.1) is 5.41 Å². The van der Waals surface area contributed by atoms with Gasteiger partial charge in [-0.1, -0.05) is 13.8 Å². The van der Waals surface area contributed by atoms with Gasteiger partial charge in [0.25, 0.3) is 0 Å². The predicted octanol–water partition coefficient (Wildman–Crippen LogP) is 1.98. The van der Waals surface area contributed by atoms with E-state index in [4.69, 9.17) is 5.73 Å². The molecule has 4 nitrogen and oxygen atoms in total. The van der Waals surface area contributed by atoms with Crippen LogP contribution in [0.15, 0.2) is 12.3 Å². The standard InChI is InChI=1S/C15H25N3O/c1-10(2)17-14(19)9-18-6-5-11-12(16)7-15(3,4)8-13(11)18/h5-6,10,12H,7-9,16H2,1-4H3,(H,17,19). The highest BCUT2D eigenvalue weighted by Gasteiger charge is 2.32. The molecule has 1 aliphatic rings. The summed E-state index contributed by atoms with van der Waals surface area (Å²) in [6.07, 6.45) is 3.98. The van der Waals surface area contributed by atoms with Crippen molar-refractivity contribution >= 4 is 5.91 Å². The molecule has 1 aromatic rings. The number of nitrogens with one attached hydrogen (secondary N) is 1. The minimum absolute atomic E-state index is 0.0605. The third kappa shape index (κ3) is 3.18. The lowest BCUT2D eigenvalue weighted by Crippen LogP contribution is -2.35. The van der Waals surface area contributed by atoms with Crippen LogP contribution < -0.4 is 11.1 Å². The number of hydrogen-bond acceptors (Lipinski definition) is 2. The summed E-state index contributed by atoms with van der Waals surface area (Å²) in [5.41, 5.74) is 8.87. The second-order valence-electron chi connectivity index (χ2n) is 6.72. The zero-order valence-corrected chi connectivity index (χ0v) is 12.4.